The largest absolute Gasteiger partial charge is 0.392 e. The second-order valence-electron chi connectivity index (χ2n) is 6.13. The Morgan fingerprint density at radius 1 is 1.39 bits per heavy atom. The molecule has 0 aliphatic carbocycles. The summed E-state index contributed by atoms with van der Waals surface area (Å²) >= 11 is 0. The number of fused-ring (bicyclic) bond motifs is 1. The SMILES string of the molecule is CN(Cc1cnc2ccccc2n1)C(=O)CN1CCC[C@@H](O)C1. The van der Waals surface area contributed by atoms with Gasteiger partial charge in [-0.3, -0.25) is 14.7 Å². The molecule has 0 bridgehead atoms. The van der Waals surface area contributed by atoms with Gasteiger partial charge in [-0.2, -0.15) is 0 Å². The number of likely N-dealkylation sites (tertiary alicyclic amines) is 1. The summed E-state index contributed by atoms with van der Waals surface area (Å²) in [4.78, 5) is 24.9. The number of hydrogen-bond acceptors (Lipinski definition) is 5. The number of piperidine rings is 1. The van der Waals surface area contributed by atoms with E-state index >= 15 is 0 Å². The van der Waals surface area contributed by atoms with Gasteiger partial charge in [-0.25, -0.2) is 4.98 Å². The number of para-hydroxylation sites is 2. The summed E-state index contributed by atoms with van der Waals surface area (Å²) in [5, 5.41) is 9.68. The molecule has 2 aromatic rings. The molecule has 1 fully saturated rings. The van der Waals surface area contributed by atoms with E-state index in [-0.39, 0.29) is 12.0 Å². The summed E-state index contributed by atoms with van der Waals surface area (Å²) in [7, 11) is 1.78. The lowest BCUT2D eigenvalue weighted by Crippen LogP contribution is -2.44. The molecular weight excluding hydrogens is 292 g/mol. The second kappa shape index (κ2) is 7.02. The van der Waals surface area contributed by atoms with Gasteiger partial charge in [-0.1, -0.05) is 12.1 Å². The summed E-state index contributed by atoms with van der Waals surface area (Å²) in [6, 6.07) is 7.70. The Labute approximate surface area is 135 Å². The Balaban J connectivity index is 1.60. The van der Waals surface area contributed by atoms with Crippen molar-refractivity contribution in [1.29, 1.82) is 0 Å². The number of carbonyl (C=O) groups excluding carboxylic acids is 1. The topological polar surface area (TPSA) is 69.6 Å². The normalized spacial score (nSPS) is 19.0. The summed E-state index contributed by atoms with van der Waals surface area (Å²) < 4.78 is 0. The first kappa shape index (κ1) is 15.8. The highest BCUT2D eigenvalue weighted by Crippen LogP contribution is 2.11. The van der Waals surface area contributed by atoms with Crippen molar-refractivity contribution in [2.75, 3.05) is 26.7 Å². The van der Waals surface area contributed by atoms with Gasteiger partial charge >= 0.3 is 0 Å². The van der Waals surface area contributed by atoms with Crippen molar-refractivity contribution in [2.45, 2.75) is 25.5 Å². The van der Waals surface area contributed by atoms with Crippen LogP contribution in [0.25, 0.3) is 11.0 Å². The van der Waals surface area contributed by atoms with Gasteiger partial charge in [0.2, 0.25) is 5.91 Å². The van der Waals surface area contributed by atoms with Crippen LogP contribution in [0.15, 0.2) is 30.5 Å². The van der Waals surface area contributed by atoms with Gasteiger partial charge in [0.25, 0.3) is 0 Å². The minimum Gasteiger partial charge on any atom is -0.392 e. The van der Waals surface area contributed by atoms with Crippen LogP contribution in [0.5, 0.6) is 0 Å². The van der Waals surface area contributed by atoms with E-state index in [4.69, 9.17) is 0 Å². The number of β-amino-alcohol motifs (C(OH)–C–C–N with tert-alkyl or cyclic N) is 1. The molecule has 1 aliphatic rings. The van der Waals surface area contributed by atoms with E-state index in [0.717, 1.165) is 36.1 Å². The van der Waals surface area contributed by atoms with Crippen molar-refractivity contribution in [3.63, 3.8) is 0 Å². The number of benzene rings is 1. The zero-order valence-corrected chi connectivity index (χ0v) is 13.4. The Kier molecular flexibility index (Phi) is 4.83. The number of hydrogen-bond donors (Lipinski definition) is 1. The molecule has 0 spiro atoms. The molecule has 6 heteroatoms. The highest BCUT2D eigenvalue weighted by molar-refractivity contribution is 5.78. The first-order chi connectivity index (χ1) is 11.1. The molecule has 1 N–H and O–H groups in total. The van der Waals surface area contributed by atoms with E-state index in [1.54, 1.807) is 18.1 Å². The van der Waals surface area contributed by atoms with E-state index in [1.165, 1.54) is 0 Å². The average Bonchev–Trinajstić information content (AvgIpc) is 2.54. The van der Waals surface area contributed by atoms with Crippen LogP contribution in [0.3, 0.4) is 0 Å². The van der Waals surface area contributed by atoms with Gasteiger partial charge in [0.1, 0.15) is 0 Å². The predicted molar refractivity (Wildman–Crippen MR) is 87.7 cm³/mol. The van der Waals surface area contributed by atoms with Gasteiger partial charge in [-0.05, 0) is 31.5 Å². The van der Waals surface area contributed by atoms with E-state index in [9.17, 15) is 9.90 Å². The number of aromatic nitrogens is 2. The van der Waals surface area contributed by atoms with Crippen LogP contribution >= 0.6 is 0 Å². The zero-order chi connectivity index (χ0) is 16.2. The highest BCUT2D eigenvalue weighted by Gasteiger charge is 2.21. The fraction of sp³-hybridized carbons (Fsp3) is 0.471. The van der Waals surface area contributed by atoms with Crippen molar-refractivity contribution in [1.82, 2.24) is 19.8 Å². The summed E-state index contributed by atoms with van der Waals surface area (Å²) in [6.45, 7) is 2.23. The molecule has 122 valence electrons. The average molecular weight is 314 g/mol. The first-order valence-corrected chi connectivity index (χ1v) is 7.97. The number of amides is 1. The van der Waals surface area contributed by atoms with Crippen LogP contribution in [0.4, 0.5) is 0 Å². The quantitative estimate of drug-likeness (QED) is 0.913. The lowest BCUT2D eigenvalue weighted by atomic mass is 10.1. The van der Waals surface area contributed by atoms with Crippen molar-refractivity contribution < 1.29 is 9.90 Å². The zero-order valence-electron chi connectivity index (χ0n) is 13.4. The van der Waals surface area contributed by atoms with Crippen LogP contribution in [0.1, 0.15) is 18.5 Å². The molecule has 1 saturated heterocycles. The third-order valence-corrected chi connectivity index (χ3v) is 4.16. The van der Waals surface area contributed by atoms with Crippen molar-refractivity contribution >= 4 is 16.9 Å². The summed E-state index contributed by atoms with van der Waals surface area (Å²) in [6.07, 6.45) is 3.17. The third kappa shape index (κ3) is 4.03. The fourth-order valence-electron chi connectivity index (χ4n) is 2.89. The monoisotopic (exact) mass is 314 g/mol. The maximum absolute atomic E-state index is 12.3. The third-order valence-electron chi connectivity index (χ3n) is 4.16. The van der Waals surface area contributed by atoms with Crippen molar-refractivity contribution in [3.05, 3.63) is 36.2 Å². The Bertz CT molecular complexity index is 691. The van der Waals surface area contributed by atoms with Crippen molar-refractivity contribution in [2.24, 2.45) is 0 Å². The maximum atomic E-state index is 12.3. The van der Waals surface area contributed by atoms with Crippen LogP contribution in [-0.4, -0.2) is 63.6 Å². The van der Waals surface area contributed by atoms with Crippen LogP contribution in [0, 0.1) is 0 Å². The minimum absolute atomic E-state index is 0.0362. The molecule has 1 atom stereocenters. The molecule has 2 heterocycles. The van der Waals surface area contributed by atoms with E-state index in [2.05, 4.69) is 9.97 Å². The fourth-order valence-corrected chi connectivity index (χ4v) is 2.89. The van der Waals surface area contributed by atoms with E-state index in [0.29, 0.717) is 19.6 Å². The molecular formula is C17H22N4O2. The summed E-state index contributed by atoms with van der Waals surface area (Å²) in [5.74, 6) is 0.0362. The summed E-state index contributed by atoms with van der Waals surface area (Å²) in [5.41, 5.74) is 2.47. The molecule has 6 nitrogen and oxygen atoms in total. The first-order valence-electron chi connectivity index (χ1n) is 7.97. The molecule has 0 radical (unpaired) electrons. The highest BCUT2D eigenvalue weighted by atomic mass is 16.3. The number of rotatable bonds is 4. The number of aliphatic hydroxyl groups is 1. The smallest absolute Gasteiger partial charge is 0.236 e. The Hall–Kier alpha value is -2.05. The lowest BCUT2D eigenvalue weighted by Gasteiger charge is -2.30. The standard InChI is InChI=1S/C17H22N4O2/c1-20(17(23)12-21-8-4-5-14(22)11-21)10-13-9-18-15-6-2-3-7-16(15)19-13/h2-3,6-7,9,14,22H,4-5,8,10-12H2,1H3/t14-/m1/s1. The number of nitrogens with zero attached hydrogens (tertiary/aromatic N) is 4. The number of likely N-dealkylation sites (N-methyl/N-ethyl adjacent to an activating group) is 1. The van der Waals surface area contributed by atoms with Crippen LogP contribution in [-0.2, 0) is 11.3 Å². The Morgan fingerprint density at radius 2 is 2.17 bits per heavy atom. The Morgan fingerprint density at radius 3 is 2.96 bits per heavy atom. The second-order valence-corrected chi connectivity index (χ2v) is 6.13. The molecule has 3 rings (SSSR count). The minimum atomic E-state index is -0.312. The molecule has 0 unspecified atom stereocenters. The van der Waals surface area contributed by atoms with Gasteiger partial charge in [0, 0.05) is 13.6 Å². The molecule has 1 aromatic heterocycles. The number of carbonyl (C=O) groups is 1. The molecule has 1 aliphatic heterocycles. The van der Waals surface area contributed by atoms with Gasteiger partial charge in [0.15, 0.2) is 0 Å². The van der Waals surface area contributed by atoms with Crippen LogP contribution < -0.4 is 0 Å². The lowest BCUT2D eigenvalue weighted by molar-refractivity contribution is -0.132. The maximum Gasteiger partial charge on any atom is 0.236 e. The molecule has 23 heavy (non-hydrogen) atoms. The van der Waals surface area contributed by atoms with E-state index in [1.807, 2.05) is 29.2 Å². The molecule has 1 amide bonds. The van der Waals surface area contributed by atoms with Crippen molar-refractivity contribution in [3.8, 4) is 0 Å². The molecule has 1 aromatic carbocycles. The van der Waals surface area contributed by atoms with Gasteiger partial charge < -0.3 is 10.0 Å². The van der Waals surface area contributed by atoms with Gasteiger partial charge in [0.05, 0.1) is 42.1 Å². The molecule has 0 saturated carbocycles. The van der Waals surface area contributed by atoms with Gasteiger partial charge in [-0.15, -0.1) is 0 Å². The number of aliphatic hydroxyl groups excluding tert-OH is 1. The van der Waals surface area contributed by atoms with E-state index < -0.39 is 0 Å². The van der Waals surface area contributed by atoms with Crippen LogP contribution in [0.2, 0.25) is 0 Å². The predicted octanol–water partition coefficient (Wildman–Crippen LogP) is 1.04.